The number of aromatic nitrogens is 12. The van der Waals surface area contributed by atoms with E-state index in [9.17, 15) is 28.8 Å². The van der Waals surface area contributed by atoms with Crippen molar-refractivity contribution in [3.8, 4) is 39.5 Å². The minimum Gasteiger partial charge on any atom is -0.497 e. The van der Waals surface area contributed by atoms with E-state index in [1.54, 1.807) is 33.9 Å². The van der Waals surface area contributed by atoms with Crippen molar-refractivity contribution in [1.29, 1.82) is 0 Å². The van der Waals surface area contributed by atoms with Crippen molar-refractivity contribution in [2.24, 2.45) is 0 Å². The van der Waals surface area contributed by atoms with Crippen LogP contribution in [-0.2, 0) is 33.6 Å². The van der Waals surface area contributed by atoms with Gasteiger partial charge in [0, 0.05) is 91.9 Å². The third-order valence-corrected chi connectivity index (χ3v) is 21.0. The second kappa shape index (κ2) is 35.0. The van der Waals surface area contributed by atoms with Gasteiger partial charge in [0.1, 0.15) is 59.3 Å². The molecule has 3 amide bonds. The zero-order valence-corrected chi connectivity index (χ0v) is 63.2. The molecule has 0 radical (unpaired) electrons. The fourth-order valence-electron chi connectivity index (χ4n) is 14.9. The topological polar surface area (TPSA) is 330 Å². The number of ketones is 3. The molecule has 15 rings (SSSR count). The molecule has 6 aromatic heterocycles. The molecule has 3 aliphatic rings. The van der Waals surface area contributed by atoms with Crippen LogP contribution in [0, 0.1) is 13.8 Å². The zero-order valence-electron chi connectivity index (χ0n) is 63.2. The number of aryl methyl sites for hydroxylation is 5. The molecule has 112 heavy (non-hydrogen) atoms. The van der Waals surface area contributed by atoms with Gasteiger partial charge >= 0.3 is 0 Å². The molecule has 9 heterocycles. The number of fused-ring (bicyclic) bond motifs is 3. The Kier molecular flexibility index (Phi) is 24.1. The fraction of sp³-hybridized carbons (Fsp3) is 0.276. The minimum atomic E-state index is -0.0824. The van der Waals surface area contributed by atoms with E-state index in [2.05, 4.69) is 49.6 Å². The second-order valence-electron chi connectivity index (χ2n) is 28.4. The summed E-state index contributed by atoms with van der Waals surface area (Å²) in [4.78, 5) is 106. The van der Waals surface area contributed by atoms with Crippen LogP contribution >= 0.6 is 0 Å². The van der Waals surface area contributed by atoms with Crippen molar-refractivity contribution in [1.82, 2.24) is 73.9 Å². The Hall–Kier alpha value is -13.2. The predicted octanol–water partition coefficient (Wildman–Crippen LogP) is 13.3. The van der Waals surface area contributed by atoms with E-state index in [0.717, 1.165) is 94.2 Å². The van der Waals surface area contributed by atoms with Crippen LogP contribution in [0.15, 0.2) is 203 Å². The number of anilines is 3. The van der Waals surface area contributed by atoms with Crippen LogP contribution in [0.5, 0.6) is 5.75 Å². The lowest BCUT2D eigenvalue weighted by Gasteiger charge is -2.32. The predicted molar refractivity (Wildman–Crippen MR) is 434 cm³/mol. The number of amides is 3. The molecule has 25 heteroatoms. The molecule has 3 aliphatic heterocycles. The second-order valence-corrected chi connectivity index (χ2v) is 28.4. The van der Waals surface area contributed by atoms with Crippen LogP contribution in [-0.4, -0.2) is 155 Å². The first-order valence-electron chi connectivity index (χ1n) is 37.7. The van der Waals surface area contributed by atoms with Crippen LogP contribution in [0.1, 0.15) is 135 Å². The molecule has 0 bridgehead atoms. The Labute approximate surface area is 649 Å². The SMILES string of the molecule is C=CC(=O)N1CCC[C@@H](n2nc(-c3ccc(CCC(=O)c4ccc(C)cc4)cc3)c3c(N)ncnc32)C1.C=CC(=O)N1CCC[C@@H](n2nc(-c3ccc(CCC(=O)c4cccc(C)c4)cc3)c3c(N)ncnc32)C1.C=CC(=O)N1CCC[C@@H](n2nc(-c3ccc(CCC(=O)c4cccc(OC)c4)cc3)c3c(N)ncnc32)C1. The van der Waals surface area contributed by atoms with Crippen molar-refractivity contribution < 1.29 is 33.5 Å². The quantitative estimate of drug-likeness (QED) is 0.0419. The van der Waals surface area contributed by atoms with Crippen molar-refractivity contribution >= 4 is 85.6 Å². The molecule has 25 nitrogen and oxygen atoms in total. The standard InChI is InChI=1S/C29H30N6O3.2C29H30N6O2/c1-3-25(37)34-15-5-7-22(17-34)35-29-26(28(30)31-18-32-29)27(33-35)20-12-9-19(10-13-20)11-14-24(36)21-6-4-8-23(16-21)38-2;1-3-25(37)34-15-5-8-23(17-34)35-29-26(28(30)31-18-32-29)27(33-35)21-12-9-20(10-13-21)11-14-24(36)22-7-4-6-19(2)16-22;1-3-25(37)34-16-4-5-23(17-34)35-29-26(28(30)31-18-32-29)27(33-35)22-13-8-20(9-14-22)10-15-24(36)21-11-6-19(2)7-12-21/h3-4,6,8-10,12-13,16,18,22H,1,5,7,11,14-15,17H2,2H3,(H2,30,31,32);3-4,6-7,9-10,12-13,16,18,23H,1,5,8,11,14-15,17H2,2H3,(H2,30,31,32);3,6-9,11-14,18,23H,1,4-5,10,15-17H2,2H3,(H2,30,31,32)/t22-;2*23-/m111/s1. The summed E-state index contributed by atoms with van der Waals surface area (Å²) < 4.78 is 10.9. The number of carbonyl (C=O) groups excluding carboxylic acids is 6. The maximum Gasteiger partial charge on any atom is 0.246 e. The van der Waals surface area contributed by atoms with Gasteiger partial charge in [-0.2, -0.15) is 15.3 Å². The first-order valence-corrected chi connectivity index (χ1v) is 37.7. The van der Waals surface area contributed by atoms with E-state index in [0.29, 0.717) is 157 Å². The number of nitrogens with zero attached hydrogens (tertiary/aromatic N) is 15. The molecule has 0 saturated carbocycles. The summed E-state index contributed by atoms with van der Waals surface area (Å²) >= 11 is 0. The number of Topliss-reactive ketones (excluding diaryl/α,β-unsaturated/α-hetero) is 3. The van der Waals surface area contributed by atoms with Crippen LogP contribution in [0.4, 0.5) is 17.5 Å². The van der Waals surface area contributed by atoms with Crippen LogP contribution in [0.2, 0.25) is 0 Å². The van der Waals surface area contributed by atoms with Crippen molar-refractivity contribution in [3.63, 3.8) is 0 Å². The summed E-state index contributed by atoms with van der Waals surface area (Å²) in [5.74, 6) is 1.87. The molecule has 0 spiro atoms. The van der Waals surface area contributed by atoms with Crippen LogP contribution in [0.25, 0.3) is 66.9 Å². The third-order valence-electron chi connectivity index (χ3n) is 21.0. The Morgan fingerprint density at radius 1 is 0.420 bits per heavy atom. The molecular weight excluding hydrogens is 1410 g/mol. The van der Waals surface area contributed by atoms with Gasteiger partial charge in [0.2, 0.25) is 17.7 Å². The first kappa shape index (κ1) is 77.0. The Bertz CT molecular complexity index is 5500. The molecule has 3 fully saturated rings. The van der Waals surface area contributed by atoms with Gasteiger partial charge in [0.25, 0.3) is 0 Å². The minimum absolute atomic E-state index is 0.0183. The third kappa shape index (κ3) is 17.4. The van der Waals surface area contributed by atoms with E-state index in [1.807, 2.05) is 161 Å². The molecule has 3 atom stereocenters. The fourth-order valence-corrected chi connectivity index (χ4v) is 14.9. The van der Waals surface area contributed by atoms with Crippen LogP contribution < -0.4 is 21.9 Å². The number of hydrogen-bond donors (Lipinski definition) is 3. The molecule has 6 aromatic carbocycles. The number of likely N-dealkylation sites (tertiary alicyclic amines) is 3. The number of rotatable bonds is 22. The largest absolute Gasteiger partial charge is 0.497 e. The van der Waals surface area contributed by atoms with Crippen molar-refractivity contribution in [3.05, 3.63) is 247 Å². The number of nitrogen functional groups attached to an aromatic ring is 3. The maximum absolute atomic E-state index is 12.7. The van der Waals surface area contributed by atoms with Gasteiger partial charge in [-0.25, -0.2) is 43.9 Å². The van der Waals surface area contributed by atoms with E-state index >= 15 is 0 Å². The number of piperidine rings is 3. The van der Waals surface area contributed by atoms with E-state index < -0.39 is 0 Å². The van der Waals surface area contributed by atoms with E-state index in [1.165, 1.54) is 37.2 Å². The number of hydrogen-bond acceptors (Lipinski definition) is 19. The maximum atomic E-state index is 12.7. The number of carbonyl (C=O) groups is 6. The lowest BCUT2D eigenvalue weighted by Crippen LogP contribution is -2.40. The summed E-state index contributed by atoms with van der Waals surface area (Å²) in [5, 5.41) is 16.9. The zero-order chi connectivity index (χ0) is 78.5. The molecular formula is C87H90N18O7. The molecule has 12 aromatic rings. The van der Waals surface area contributed by atoms with Gasteiger partial charge in [-0.15, -0.1) is 0 Å². The van der Waals surface area contributed by atoms with Crippen molar-refractivity contribution in [2.75, 3.05) is 63.6 Å². The highest BCUT2D eigenvalue weighted by atomic mass is 16.5. The molecule has 570 valence electrons. The highest BCUT2D eigenvalue weighted by Crippen LogP contribution is 2.38. The van der Waals surface area contributed by atoms with Crippen molar-refractivity contribution in [2.45, 2.75) is 109 Å². The Morgan fingerprint density at radius 3 is 1.10 bits per heavy atom. The molecule has 3 saturated heterocycles. The molecule has 6 N–H and O–H groups in total. The number of nitrogens with two attached hydrogens (primary N) is 3. The lowest BCUT2D eigenvalue weighted by atomic mass is 10.00. The first-order chi connectivity index (χ1) is 54.4. The molecule has 0 unspecified atom stereocenters. The van der Waals surface area contributed by atoms with Gasteiger partial charge in [-0.3, -0.25) is 28.8 Å². The number of benzene rings is 6. The average Bonchev–Trinajstić information content (AvgIpc) is 1.62. The summed E-state index contributed by atoms with van der Waals surface area (Å²) in [6.07, 6.45) is 16.9. The number of methoxy groups -OCH3 is 1. The van der Waals surface area contributed by atoms with Gasteiger partial charge in [0.05, 0.1) is 41.4 Å². The highest BCUT2D eigenvalue weighted by molar-refractivity contribution is 6.02. The van der Waals surface area contributed by atoms with Gasteiger partial charge in [-0.05, 0) is 125 Å². The Morgan fingerprint density at radius 2 is 0.759 bits per heavy atom. The van der Waals surface area contributed by atoms with Crippen LogP contribution in [0.3, 0.4) is 0 Å². The summed E-state index contributed by atoms with van der Waals surface area (Å²) in [6.45, 7) is 18.6. The van der Waals surface area contributed by atoms with E-state index in [-0.39, 0.29) is 53.2 Å². The van der Waals surface area contributed by atoms with E-state index in [4.69, 9.17) is 37.2 Å². The monoisotopic (exact) mass is 1500 g/mol. The summed E-state index contributed by atoms with van der Waals surface area (Å²) in [7, 11) is 1.59. The lowest BCUT2D eigenvalue weighted by molar-refractivity contribution is -0.128. The molecule has 0 aliphatic carbocycles. The smallest absolute Gasteiger partial charge is 0.246 e. The normalized spacial score (nSPS) is 15.5. The number of ether oxygens (including phenoxy) is 1. The highest BCUT2D eigenvalue weighted by Gasteiger charge is 2.32. The van der Waals surface area contributed by atoms with Gasteiger partial charge < -0.3 is 36.6 Å². The summed E-state index contributed by atoms with van der Waals surface area (Å²) in [6, 6.07) is 46.6. The van der Waals surface area contributed by atoms with Gasteiger partial charge in [-0.1, -0.05) is 158 Å². The Balaban J connectivity index is 0.000000147. The van der Waals surface area contributed by atoms with Gasteiger partial charge in [0.15, 0.2) is 34.3 Å². The summed E-state index contributed by atoms with van der Waals surface area (Å²) in [5.41, 5.74) is 33.2. The average molecular weight is 1500 g/mol.